The van der Waals surface area contributed by atoms with E-state index in [-0.39, 0.29) is 18.2 Å². The summed E-state index contributed by atoms with van der Waals surface area (Å²) >= 11 is 0. The number of ketones is 1. The molecule has 1 N–H and O–H groups in total. The van der Waals surface area contributed by atoms with Crippen LogP contribution in [0.4, 0.5) is 0 Å². The number of piperidine rings is 1. The number of carboxylic acids is 1. The van der Waals surface area contributed by atoms with E-state index in [0.717, 1.165) is 0 Å². The van der Waals surface area contributed by atoms with Crippen molar-refractivity contribution in [2.75, 3.05) is 13.6 Å². The SMILES string of the molecule is C[C@H]1CC(=O)[C@@](C)(CCC(=O)O)CN1C. The summed E-state index contributed by atoms with van der Waals surface area (Å²) in [7, 11) is 1.98. The van der Waals surface area contributed by atoms with Crippen molar-refractivity contribution in [1.82, 2.24) is 4.90 Å². The molecule has 2 atom stereocenters. The van der Waals surface area contributed by atoms with Gasteiger partial charge in [-0.1, -0.05) is 6.92 Å². The van der Waals surface area contributed by atoms with Crippen LogP contribution in [-0.2, 0) is 9.59 Å². The van der Waals surface area contributed by atoms with E-state index in [9.17, 15) is 9.59 Å². The van der Waals surface area contributed by atoms with Crippen molar-refractivity contribution in [2.24, 2.45) is 5.41 Å². The van der Waals surface area contributed by atoms with Gasteiger partial charge in [0.2, 0.25) is 0 Å². The van der Waals surface area contributed by atoms with E-state index < -0.39 is 11.4 Å². The predicted octanol–water partition coefficient (Wildman–Crippen LogP) is 1.15. The molecule has 0 radical (unpaired) electrons. The number of aliphatic carboxylic acids is 1. The second-order valence-corrected chi connectivity index (χ2v) is 4.85. The van der Waals surface area contributed by atoms with Gasteiger partial charge in [-0.15, -0.1) is 0 Å². The number of nitrogens with zero attached hydrogens (tertiary/aromatic N) is 1. The van der Waals surface area contributed by atoms with Crippen molar-refractivity contribution in [1.29, 1.82) is 0 Å². The summed E-state index contributed by atoms with van der Waals surface area (Å²) in [6.07, 6.45) is 1.05. The van der Waals surface area contributed by atoms with Crippen LogP contribution in [0.15, 0.2) is 0 Å². The van der Waals surface area contributed by atoms with Crippen molar-refractivity contribution in [2.45, 2.75) is 39.2 Å². The molecule has 15 heavy (non-hydrogen) atoms. The molecule has 1 fully saturated rings. The van der Waals surface area contributed by atoms with Gasteiger partial charge in [-0.2, -0.15) is 0 Å². The Morgan fingerprint density at radius 1 is 1.67 bits per heavy atom. The lowest BCUT2D eigenvalue weighted by Gasteiger charge is -2.41. The zero-order chi connectivity index (χ0) is 11.6. The summed E-state index contributed by atoms with van der Waals surface area (Å²) in [5.74, 6) is -0.625. The third-order valence-corrected chi connectivity index (χ3v) is 3.40. The molecule has 0 unspecified atom stereocenters. The molecule has 0 aliphatic carbocycles. The second kappa shape index (κ2) is 4.31. The van der Waals surface area contributed by atoms with Crippen LogP contribution in [-0.4, -0.2) is 41.4 Å². The topological polar surface area (TPSA) is 57.6 Å². The lowest BCUT2D eigenvalue weighted by Crippen LogP contribution is -2.50. The zero-order valence-electron chi connectivity index (χ0n) is 9.62. The molecule has 0 spiro atoms. The smallest absolute Gasteiger partial charge is 0.303 e. The molecule has 1 heterocycles. The van der Waals surface area contributed by atoms with Gasteiger partial charge >= 0.3 is 5.97 Å². The van der Waals surface area contributed by atoms with Gasteiger partial charge in [0.25, 0.3) is 0 Å². The van der Waals surface area contributed by atoms with Crippen LogP contribution in [0.5, 0.6) is 0 Å². The first kappa shape index (κ1) is 12.2. The van der Waals surface area contributed by atoms with Crippen LogP contribution in [0.2, 0.25) is 0 Å². The highest BCUT2D eigenvalue weighted by Crippen LogP contribution is 2.32. The van der Waals surface area contributed by atoms with Gasteiger partial charge in [-0.25, -0.2) is 0 Å². The third-order valence-electron chi connectivity index (χ3n) is 3.40. The maximum absolute atomic E-state index is 11.9. The summed E-state index contributed by atoms with van der Waals surface area (Å²) in [6.45, 7) is 4.57. The van der Waals surface area contributed by atoms with Crippen LogP contribution in [0.3, 0.4) is 0 Å². The molecule has 1 saturated heterocycles. The third kappa shape index (κ3) is 2.78. The predicted molar refractivity (Wildman–Crippen MR) is 56.7 cm³/mol. The van der Waals surface area contributed by atoms with Gasteiger partial charge in [-0.05, 0) is 20.4 Å². The van der Waals surface area contributed by atoms with Gasteiger partial charge in [0.05, 0.1) is 0 Å². The van der Waals surface area contributed by atoms with E-state index in [1.165, 1.54) is 0 Å². The standard InChI is InChI=1S/C11H19NO3/c1-8-6-9(13)11(2,7-12(8)3)5-4-10(14)15/h8H,4-7H2,1-3H3,(H,14,15)/t8-,11-/m0/s1. The molecule has 1 aliphatic heterocycles. The lowest BCUT2D eigenvalue weighted by atomic mass is 9.75. The molecule has 4 heteroatoms. The summed E-state index contributed by atoms with van der Waals surface area (Å²) in [5.41, 5.74) is -0.473. The van der Waals surface area contributed by atoms with Crippen molar-refractivity contribution < 1.29 is 14.7 Å². The Morgan fingerprint density at radius 3 is 2.80 bits per heavy atom. The molecule has 0 amide bonds. The van der Waals surface area contributed by atoms with Crippen molar-refractivity contribution in [3.63, 3.8) is 0 Å². The highest BCUT2D eigenvalue weighted by Gasteiger charge is 2.40. The van der Waals surface area contributed by atoms with Gasteiger partial charge in [-0.3, -0.25) is 9.59 Å². The number of rotatable bonds is 3. The fourth-order valence-corrected chi connectivity index (χ4v) is 2.07. The fourth-order valence-electron chi connectivity index (χ4n) is 2.07. The molecule has 1 rings (SSSR count). The van der Waals surface area contributed by atoms with Crippen LogP contribution in [0, 0.1) is 5.41 Å². The number of likely N-dealkylation sites (tertiary alicyclic amines) is 1. The minimum absolute atomic E-state index is 0.0739. The molecule has 1 aliphatic rings. The first-order chi connectivity index (χ1) is 6.85. The van der Waals surface area contributed by atoms with Gasteiger partial charge in [0, 0.05) is 30.8 Å². The van der Waals surface area contributed by atoms with E-state index in [1.54, 1.807) is 0 Å². The normalized spacial score (nSPS) is 33.0. The van der Waals surface area contributed by atoms with Crippen LogP contribution < -0.4 is 0 Å². The number of carboxylic acid groups (broad SMARTS) is 1. The number of carbonyl (C=O) groups is 2. The second-order valence-electron chi connectivity index (χ2n) is 4.85. The van der Waals surface area contributed by atoms with E-state index in [4.69, 9.17) is 5.11 Å². The highest BCUT2D eigenvalue weighted by molar-refractivity contribution is 5.86. The minimum atomic E-state index is -0.828. The summed E-state index contributed by atoms with van der Waals surface area (Å²) < 4.78 is 0. The van der Waals surface area contributed by atoms with Crippen molar-refractivity contribution in [3.8, 4) is 0 Å². The molecule has 0 bridgehead atoms. The van der Waals surface area contributed by atoms with Gasteiger partial charge in [0.15, 0.2) is 0 Å². The Morgan fingerprint density at radius 2 is 2.27 bits per heavy atom. The van der Waals surface area contributed by atoms with Crippen molar-refractivity contribution in [3.05, 3.63) is 0 Å². The van der Waals surface area contributed by atoms with Gasteiger partial charge in [0.1, 0.15) is 5.78 Å². The first-order valence-corrected chi connectivity index (χ1v) is 5.30. The quantitative estimate of drug-likeness (QED) is 0.764. The Hall–Kier alpha value is -0.900. The molecular formula is C11H19NO3. The molecule has 4 nitrogen and oxygen atoms in total. The zero-order valence-corrected chi connectivity index (χ0v) is 9.62. The van der Waals surface area contributed by atoms with Gasteiger partial charge < -0.3 is 10.0 Å². The van der Waals surface area contributed by atoms with Crippen molar-refractivity contribution >= 4 is 11.8 Å². The maximum Gasteiger partial charge on any atom is 0.303 e. The first-order valence-electron chi connectivity index (χ1n) is 5.30. The number of hydrogen-bond donors (Lipinski definition) is 1. The Labute approximate surface area is 90.3 Å². The van der Waals surface area contributed by atoms with E-state index in [0.29, 0.717) is 19.4 Å². The summed E-state index contributed by atoms with van der Waals surface area (Å²) in [6, 6.07) is 0.274. The average Bonchev–Trinajstić information content (AvgIpc) is 2.12. The minimum Gasteiger partial charge on any atom is -0.481 e. The number of hydrogen-bond acceptors (Lipinski definition) is 3. The molecule has 0 aromatic carbocycles. The average molecular weight is 213 g/mol. The van der Waals surface area contributed by atoms with E-state index in [2.05, 4.69) is 4.90 Å². The Kier molecular flexibility index (Phi) is 3.50. The van der Waals surface area contributed by atoms with Crippen LogP contribution in [0.25, 0.3) is 0 Å². The van der Waals surface area contributed by atoms with Crippen LogP contribution in [0.1, 0.15) is 33.1 Å². The highest BCUT2D eigenvalue weighted by atomic mass is 16.4. The number of Topliss-reactive ketones (excluding diaryl/α,β-unsaturated/α-hetero) is 1. The number of carbonyl (C=O) groups excluding carboxylic acids is 1. The largest absolute Gasteiger partial charge is 0.481 e. The molecule has 0 aromatic rings. The summed E-state index contributed by atoms with van der Waals surface area (Å²) in [5, 5.41) is 8.64. The monoisotopic (exact) mass is 213 g/mol. The Balaban J connectivity index is 2.66. The molecule has 0 aromatic heterocycles. The van der Waals surface area contributed by atoms with E-state index in [1.807, 2.05) is 20.9 Å². The fraction of sp³-hybridized carbons (Fsp3) is 0.818. The molecule has 0 saturated carbocycles. The molecular weight excluding hydrogens is 194 g/mol. The van der Waals surface area contributed by atoms with Crippen LogP contribution >= 0.6 is 0 Å². The van der Waals surface area contributed by atoms with E-state index >= 15 is 0 Å². The maximum atomic E-state index is 11.9. The lowest BCUT2D eigenvalue weighted by molar-refractivity contribution is -0.140. The molecule has 86 valence electrons. The summed E-state index contributed by atoms with van der Waals surface area (Å²) in [4.78, 5) is 24.5. The Bertz CT molecular complexity index is 277.